The summed E-state index contributed by atoms with van der Waals surface area (Å²) in [4.78, 5) is 4.40. The van der Waals surface area contributed by atoms with E-state index in [2.05, 4.69) is 33.9 Å². The van der Waals surface area contributed by atoms with Gasteiger partial charge in [0.05, 0.1) is 6.61 Å². The van der Waals surface area contributed by atoms with Crippen LogP contribution in [0.2, 0.25) is 5.02 Å². The van der Waals surface area contributed by atoms with Crippen LogP contribution in [0.25, 0.3) is 5.69 Å². The quantitative estimate of drug-likeness (QED) is 0.761. The number of imidazole rings is 1. The first-order chi connectivity index (χ1) is 10.3. The van der Waals surface area contributed by atoms with Crippen LogP contribution in [0.5, 0.6) is 0 Å². The van der Waals surface area contributed by atoms with Gasteiger partial charge in [-0.25, -0.2) is 4.98 Å². The average molecular weight is 308 g/mol. The van der Waals surface area contributed by atoms with Gasteiger partial charge in [0.2, 0.25) is 0 Å². The summed E-state index contributed by atoms with van der Waals surface area (Å²) in [5, 5.41) is 4.07. The second-order valence-corrected chi connectivity index (χ2v) is 5.32. The van der Waals surface area contributed by atoms with Gasteiger partial charge >= 0.3 is 0 Å². The van der Waals surface area contributed by atoms with Crippen molar-refractivity contribution in [3.8, 4) is 5.69 Å². The van der Waals surface area contributed by atoms with E-state index >= 15 is 0 Å². The number of hydrogen-bond donors (Lipinski definition) is 1. The molecule has 0 aliphatic rings. The van der Waals surface area contributed by atoms with Crippen LogP contribution in [-0.2, 0) is 17.7 Å². The highest BCUT2D eigenvalue weighted by Gasteiger charge is 2.07. The monoisotopic (exact) mass is 307 g/mol. The number of aromatic nitrogens is 2. The van der Waals surface area contributed by atoms with Crippen LogP contribution < -0.4 is 5.32 Å². The Morgan fingerprint density at radius 2 is 2.24 bits per heavy atom. The molecule has 1 heterocycles. The maximum atomic E-state index is 6.38. The zero-order valence-electron chi connectivity index (χ0n) is 12.6. The Labute approximate surface area is 131 Å². The standard InChI is InChI=1S/C16H22ClN3O/c1-3-4-16-19-7-9-20(16)14-6-5-13(15(17)11-14)12-18-8-10-21-2/h5-7,9,11,18H,3-4,8,10,12H2,1-2H3. The third-order valence-electron chi connectivity index (χ3n) is 3.30. The molecule has 114 valence electrons. The second-order valence-electron chi connectivity index (χ2n) is 4.91. The largest absolute Gasteiger partial charge is 0.383 e. The zero-order chi connectivity index (χ0) is 15.1. The van der Waals surface area contributed by atoms with Crippen molar-refractivity contribution in [2.24, 2.45) is 0 Å². The minimum Gasteiger partial charge on any atom is -0.383 e. The molecule has 4 nitrogen and oxygen atoms in total. The third-order valence-corrected chi connectivity index (χ3v) is 3.66. The van der Waals surface area contributed by atoms with Crippen LogP contribution in [0.15, 0.2) is 30.6 Å². The highest BCUT2D eigenvalue weighted by Crippen LogP contribution is 2.21. The van der Waals surface area contributed by atoms with Gasteiger partial charge in [-0.2, -0.15) is 0 Å². The molecule has 0 aliphatic heterocycles. The van der Waals surface area contributed by atoms with E-state index in [1.807, 2.05) is 18.5 Å². The van der Waals surface area contributed by atoms with E-state index in [-0.39, 0.29) is 0 Å². The van der Waals surface area contributed by atoms with E-state index in [9.17, 15) is 0 Å². The van der Waals surface area contributed by atoms with Gasteiger partial charge in [-0.3, -0.25) is 0 Å². The highest BCUT2D eigenvalue weighted by molar-refractivity contribution is 6.31. The fourth-order valence-corrected chi connectivity index (χ4v) is 2.45. The van der Waals surface area contributed by atoms with Gasteiger partial charge in [-0.15, -0.1) is 0 Å². The van der Waals surface area contributed by atoms with Crippen molar-refractivity contribution in [1.29, 1.82) is 0 Å². The van der Waals surface area contributed by atoms with E-state index in [1.165, 1.54) is 0 Å². The van der Waals surface area contributed by atoms with Gasteiger partial charge in [0.25, 0.3) is 0 Å². The first kappa shape index (κ1) is 16.0. The molecule has 0 unspecified atom stereocenters. The topological polar surface area (TPSA) is 39.1 Å². The number of nitrogens with zero attached hydrogens (tertiary/aromatic N) is 2. The molecule has 0 fully saturated rings. The first-order valence-corrected chi connectivity index (χ1v) is 7.64. The van der Waals surface area contributed by atoms with Crippen LogP contribution in [0.3, 0.4) is 0 Å². The van der Waals surface area contributed by atoms with Gasteiger partial charge in [0.1, 0.15) is 5.82 Å². The molecule has 0 radical (unpaired) electrons. The summed E-state index contributed by atoms with van der Waals surface area (Å²) in [6, 6.07) is 6.14. The fourth-order valence-electron chi connectivity index (χ4n) is 2.20. The van der Waals surface area contributed by atoms with Crippen molar-refractivity contribution in [3.63, 3.8) is 0 Å². The number of aryl methyl sites for hydroxylation is 1. The number of benzene rings is 1. The molecule has 1 aromatic carbocycles. The van der Waals surface area contributed by atoms with Crippen LogP contribution >= 0.6 is 11.6 Å². The fraction of sp³-hybridized carbons (Fsp3) is 0.438. The minimum atomic E-state index is 0.700. The third kappa shape index (κ3) is 4.30. The van der Waals surface area contributed by atoms with Crippen molar-refractivity contribution in [3.05, 3.63) is 47.0 Å². The lowest BCUT2D eigenvalue weighted by molar-refractivity contribution is 0.199. The molecule has 0 spiro atoms. The molecule has 21 heavy (non-hydrogen) atoms. The average Bonchev–Trinajstić information content (AvgIpc) is 2.93. The number of halogens is 1. The molecule has 0 aliphatic carbocycles. The minimum absolute atomic E-state index is 0.700. The Hall–Kier alpha value is -1.36. The molecular formula is C16H22ClN3O. The van der Waals surface area contributed by atoms with Gasteiger partial charge < -0.3 is 14.6 Å². The SMILES string of the molecule is CCCc1nccn1-c1ccc(CNCCOC)c(Cl)c1. The molecule has 2 aromatic rings. The summed E-state index contributed by atoms with van der Waals surface area (Å²) >= 11 is 6.38. The van der Waals surface area contributed by atoms with Gasteiger partial charge in [-0.1, -0.05) is 24.6 Å². The van der Waals surface area contributed by atoms with E-state index in [0.717, 1.165) is 48.0 Å². The van der Waals surface area contributed by atoms with E-state index in [0.29, 0.717) is 6.61 Å². The van der Waals surface area contributed by atoms with Gasteiger partial charge in [0, 0.05) is 49.7 Å². The van der Waals surface area contributed by atoms with Crippen molar-refractivity contribution >= 4 is 11.6 Å². The second kappa shape index (κ2) is 8.17. The summed E-state index contributed by atoms with van der Waals surface area (Å²) in [6.07, 6.45) is 5.85. The summed E-state index contributed by atoms with van der Waals surface area (Å²) in [5.74, 6) is 1.07. The maximum absolute atomic E-state index is 6.38. The lowest BCUT2D eigenvalue weighted by atomic mass is 10.2. The number of methoxy groups -OCH3 is 1. The maximum Gasteiger partial charge on any atom is 0.113 e. The lowest BCUT2D eigenvalue weighted by Crippen LogP contribution is -2.18. The molecule has 2 rings (SSSR count). The van der Waals surface area contributed by atoms with Crippen molar-refractivity contribution in [2.75, 3.05) is 20.3 Å². The van der Waals surface area contributed by atoms with Crippen LogP contribution in [-0.4, -0.2) is 29.8 Å². The predicted octanol–water partition coefficient (Wildman–Crippen LogP) is 3.21. The Bertz CT molecular complexity index is 568. The zero-order valence-corrected chi connectivity index (χ0v) is 13.4. The Kier molecular flexibility index (Phi) is 6.23. The summed E-state index contributed by atoms with van der Waals surface area (Å²) < 4.78 is 7.10. The predicted molar refractivity (Wildman–Crippen MR) is 86.2 cm³/mol. The smallest absolute Gasteiger partial charge is 0.113 e. The Morgan fingerprint density at radius 1 is 1.38 bits per heavy atom. The number of hydrogen-bond acceptors (Lipinski definition) is 3. The van der Waals surface area contributed by atoms with Crippen molar-refractivity contribution in [2.45, 2.75) is 26.3 Å². The van der Waals surface area contributed by atoms with E-state index in [4.69, 9.17) is 16.3 Å². The van der Waals surface area contributed by atoms with Gasteiger partial charge in [-0.05, 0) is 24.1 Å². The number of ether oxygens (including phenoxy) is 1. The highest BCUT2D eigenvalue weighted by atomic mass is 35.5. The molecule has 0 amide bonds. The molecule has 0 bridgehead atoms. The Balaban J connectivity index is 2.09. The van der Waals surface area contributed by atoms with Crippen LogP contribution in [0.4, 0.5) is 0 Å². The van der Waals surface area contributed by atoms with Gasteiger partial charge in [0.15, 0.2) is 0 Å². The molecule has 1 aromatic heterocycles. The first-order valence-electron chi connectivity index (χ1n) is 7.27. The summed E-state index contributed by atoms with van der Waals surface area (Å²) in [5.41, 5.74) is 2.15. The van der Waals surface area contributed by atoms with Crippen LogP contribution in [0.1, 0.15) is 24.7 Å². The number of nitrogens with one attached hydrogen (secondary N) is 1. The van der Waals surface area contributed by atoms with Crippen molar-refractivity contribution < 1.29 is 4.74 Å². The Morgan fingerprint density at radius 3 is 2.95 bits per heavy atom. The van der Waals surface area contributed by atoms with Crippen molar-refractivity contribution in [1.82, 2.24) is 14.9 Å². The number of rotatable bonds is 8. The van der Waals surface area contributed by atoms with Crippen LogP contribution in [0, 0.1) is 0 Å². The molecule has 0 saturated heterocycles. The summed E-state index contributed by atoms with van der Waals surface area (Å²) in [7, 11) is 1.70. The molecule has 1 N–H and O–H groups in total. The van der Waals surface area contributed by atoms with E-state index < -0.39 is 0 Å². The lowest BCUT2D eigenvalue weighted by Gasteiger charge is -2.11. The molecular weight excluding hydrogens is 286 g/mol. The van der Waals surface area contributed by atoms with E-state index in [1.54, 1.807) is 7.11 Å². The molecule has 5 heteroatoms. The summed E-state index contributed by atoms with van der Waals surface area (Å²) in [6.45, 7) is 4.41. The molecule has 0 saturated carbocycles. The molecule has 0 atom stereocenters. The normalized spacial score (nSPS) is 11.0.